The molecule has 0 atom stereocenters. The molecule has 4 rings (SSSR count). The van der Waals surface area contributed by atoms with Crippen LogP contribution < -0.4 is 15.6 Å². The van der Waals surface area contributed by atoms with Crippen LogP contribution in [0.1, 0.15) is 5.82 Å². The van der Waals surface area contributed by atoms with Gasteiger partial charge in [0.05, 0.1) is 16.6 Å². The summed E-state index contributed by atoms with van der Waals surface area (Å²) in [6.07, 6.45) is 0. The number of amides is 1. The van der Waals surface area contributed by atoms with Crippen LogP contribution in [0.2, 0.25) is 5.02 Å². The van der Waals surface area contributed by atoms with Gasteiger partial charge in [-0.25, -0.2) is 4.98 Å². The van der Waals surface area contributed by atoms with Gasteiger partial charge in [0.2, 0.25) is 0 Å². The van der Waals surface area contributed by atoms with Crippen molar-refractivity contribution in [2.24, 2.45) is 0 Å². The summed E-state index contributed by atoms with van der Waals surface area (Å²) >= 11 is 5.84. The molecule has 1 N–H and O–H groups in total. The first-order chi connectivity index (χ1) is 14.5. The van der Waals surface area contributed by atoms with Gasteiger partial charge in [0.1, 0.15) is 11.6 Å². The quantitative estimate of drug-likeness (QED) is 0.521. The van der Waals surface area contributed by atoms with Crippen molar-refractivity contribution >= 4 is 34.1 Å². The van der Waals surface area contributed by atoms with E-state index < -0.39 is 0 Å². The third-order valence-corrected chi connectivity index (χ3v) is 4.77. The van der Waals surface area contributed by atoms with E-state index in [1.165, 1.54) is 4.57 Å². The summed E-state index contributed by atoms with van der Waals surface area (Å²) in [5.74, 6) is 0.795. The van der Waals surface area contributed by atoms with E-state index in [-0.39, 0.29) is 18.1 Å². The highest BCUT2D eigenvalue weighted by atomic mass is 35.5. The minimum atomic E-state index is -0.317. The Hall–Kier alpha value is -3.64. The maximum Gasteiger partial charge on any atom is 0.265 e. The van der Waals surface area contributed by atoms with Gasteiger partial charge in [-0.3, -0.25) is 14.2 Å². The third kappa shape index (κ3) is 4.18. The van der Waals surface area contributed by atoms with Crippen molar-refractivity contribution in [3.63, 3.8) is 0 Å². The fraction of sp³-hybridized carbons (Fsp3) is 0.0870. The van der Waals surface area contributed by atoms with E-state index in [0.717, 1.165) is 0 Å². The van der Waals surface area contributed by atoms with E-state index in [4.69, 9.17) is 16.3 Å². The first kappa shape index (κ1) is 19.7. The molecule has 30 heavy (non-hydrogen) atoms. The van der Waals surface area contributed by atoms with Crippen molar-refractivity contribution in [2.45, 2.75) is 6.92 Å². The van der Waals surface area contributed by atoms with Crippen molar-refractivity contribution in [1.29, 1.82) is 0 Å². The van der Waals surface area contributed by atoms with Crippen molar-refractivity contribution in [3.8, 4) is 11.4 Å². The van der Waals surface area contributed by atoms with Crippen LogP contribution >= 0.6 is 11.6 Å². The first-order valence-corrected chi connectivity index (χ1v) is 9.66. The molecule has 6 nitrogen and oxygen atoms in total. The average molecular weight is 420 g/mol. The summed E-state index contributed by atoms with van der Waals surface area (Å²) in [7, 11) is 0. The van der Waals surface area contributed by atoms with Crippen molar-refractivity contribution in [3.05, 3.63) is 94.0 Å². The number of carbonyl (C=O) groups is 1. The van der Waals surface area contributed by atoms with Gasteiger partial charge in [0.25, 0.3) is 11.5 Å². The second kappa shape index (κ2) is 8.39. The van der Waals surface area contributed by atoms with E-state index in [0.29, 0.717) is 38.9 Å². The predicted octanol–water partition coefficient (Wildman–Crippen LogP) is 4.37. The second-order valence-corrected chi connectivity index (χ2v) is 7.09. The highest BCUT2D eigenvalue weighted by Gasteiger charge is 2.11. The molecule has 1 amide bonds. The molecule has 1 aromatic heterocycles. The maximum atomic E-state index is 13.0. The largest absolute Gasteiger partial charge is 0.484 e. The third-order valence-electron chi connectivity index (χ3n) is 4.52. The summed E-state index contributed by atoms with van der Waals surface area (Å²) in [4.78, 5) is 29.8. The van der Waals surface area contributed by atoms with E-state index in [1.807, 2.05) is 18.2 Å². The van der Waals surface area contributed by atoms with Gasteiger partial charge in [0.15, 0.2) is 6.61 Å². The molecule has 0 radical (unpaired) electrons. The normalized spacial score (nSPS) is 10.7. The highest BCUT2D eigenvalue weighted by molar-refractivity contribution is 6.30. The number of fused-ring (bicyclic) bond motifs is 1. The van der Waals surface area contributed by atoms with Crippen molar-refractivity contribution in [2.75, 3.05) is 11.9 Å². The summed E-state index contributed by atoms with van der Waals surface area (Å²) in [5, 5.41) is 3.91. The maximum absolute atomic E-state index is 13.0. The molecule has 0 spiro atoms. The summed E-state index contributed by atoms with van der Waals surface area (Å²) in [5.41, 5.74) is 1.66. The van der Waals surface area contributed by atoms with Gasteiger partial charge in [-0.05, 0) is 61.5 Å². The van der Waals surface area contributed by atoms with Crippen LogP contribution in [0.25, 0.3) is 16.6 Å². The summed E-state index contributed by atoms with van der Waals surface area (Å²) in [6, 6.07) is 21.0. The molecule has 0 aliphatic carbocycles. The molecule has 0 aliphatic heterocycles. The number of ether oxygens (including phenoxy) is 1. The minimum Gasteiger partial charge on any atom is -0.484 e. The fourth-order valence-electron chi connectivity index (χ4n) is 3.15. The SMILES string of the molecule is Cc1nc2ccccc2c(=O)n1-c1cccc(NC(=O)COc2ccc(Cl)cc2)c1. The molecule has 1 heterocycles. The lowest BCUT2D eigenvalue weighted by Gasteiger charge is -2.13. The highest BCUT2D eigenvalue weighted by Crippen LogP contribution is 2.18. The van der Waals surface area contributed by atoms with Gasteiger partial charge in [-0.2, -0.15) is 0 Å². The second-order valence-electron chi connectivity index (χ2n) is 6.66. The molecular formula is C23H18ClN3O3. The molecule has 0 fully saturated rings. The Morgan fingerprint density at radius 3 is 2.63 bits per heavy atom. The number of para-hydroxylation sites is 1. The topological polar surface area (TPSA) is 73.2 Å². The molecule has 0 bridgehead atoms. The minimum absolute atomic E-state index is 0.150. The van der Waals surface area contributed by atoms with Gasteiger partial charge < -0.3 is 10.1 Å². The first-order valence-electron chi connectivity index (χ1n) is 9.28. The lowest BCUT2D eigenvalue weighted by Crippen LogP contribution is -2.23. The van der Waals surface area contributed by atoms with E-state index in [9.17, 15) is 9.59 Å². The average Bonchev–Trinajstić information content (AvgIpc) is 2.74. The van der Waals surface area contributed by atoms with Crippen LogP contribution in [0.4, 0.5) is 5.69 Å². The van der Waals surface area contributed by atoms with Crippen LogP contribution in [0.15, 0.2) is 77.6 Å². The lowest BCUT2D eigenvalue weighted by atomic mass is 10.2. The zero-order chi connectivity index (χ0) is 21.1. The number of halogens is 1. The number of hydrogen-bond donors (Lipinski definition) is 1. The number of hydrogen-bond acceptors (Lipinski definition) is 4. The molecule has 0 aliphatic rings. The molecule has 150 valence electrons. The van der Waals surface area contributed by atoms with Gasteiger partial charge in [-0.1, -0.05) is 29.8 Å². The number of nitrogens with one attached hydrogen (secondary N) is 1. The van der Waals surface area contributed by atoms with Crippen LogP contribution in [0.3, 0.4) is 0 Å². The van der Waals surface area contributed by atoms with Crippen LogP contribution in [-0.2, 0) is 4.79 Å². The lowest BCUT2D eigenvalue weighted by molar-refractivity contribution is -0.118. The summed E-state index contributed by atoms with van der Waals surface area (Å²) in [6.45, 7) is 1.63. The molecule has 0 saturated heterocycles. The van der Waals surface area contributed by atoms with Gasteiger partial charge >= 0.3 is 0 Å². The number of aryl methyl sites for hydroxylation is 1. The van der Waals surface area contributed by atoms with Gasteiger partial charge in [0, 0.05) is 10.7 Å². The number of benzene rings is 3. The molecule has 0 saturated carbocycles. The molecule has 4 aromatic rings. The number of nitrogens with zero attached hydrogens (tertiary/aromatic N) is 2. The smallest absolute Gasteiger partial charge is 0.265 e. The zero-order valence-corrected chi connectivity index (χ0v) is 16.9. The zero-order valence-electron chi connectivity index (χ0n) is 16.1. The Balaban J connectivity index is 1.54. The van der Waals surface area contributed by atoms with Crippen LogP contribution in [0, 0.1) is 6.92 Å². The van der Waals surface area contributed by atoms with Gasteiger partial charge in [-0.15, -0.1) is 0 Å². The number of aromatic nitrogens is 2. The van der Waals surface area contributed by atoms with Crippen LogP contribution in [0.5, 0.6) is 5.75 Å². The molecule has 7 heteroatoms. The number of anilines is 1. The Morgan fingerprint density at radius 2 is 1.83 bits per heavy atom. The Kier molecular flexibility index (Phi) is 5.50. The van der Waals surface area contributed by atoms with E-state index in [1.54, 1.807) is 61.5 Å². The molecule has 0 unspecified atom stereocenters. The molecular weight excluding hydrogens is 402 g/mol. The fourth-order valence-corrected chi connectivity index (χ4v) is 3.27. The Morgan fingerprint density at radius 1 is 1.07 bits per heavy atom. The Bertz CT molecular complexity index is 1280. The Labute approximate surface area is 177 Å². The number of carbonyl (C=O) groups excluding carboxylic acids is 1. The van der Waals surface area contributed by atoms with E-state index >= 15 is 0 Å². The standard InChI is InChI=1S/C23H18ClN3O3/c1-15-25-21-8-3-2-7-20(21)23(29)27(15)18-6-4-5-17(13-18)26-22(28)14-30-19-11-9-16(24)10-12-19/h2-13H,14H2,1H3,(H,26,28). The predicted molar refractivity (Wildman–Crippen MR) is 118 cm³/mol. The number of rotatable bonds is 5. The molecule has 3 aromatic carbocycles. The van der Waals surface area contributed by atoms with E-state index in [2.05, 4.69) is 10.3 Å². The monoisotopic (exact) mass is 419 g/mol. The van der Waals surface area contributed by atoms with Crippen molar-refractivity contribution < 1.29 is 9.53 Å². The van der Waals surface area contributed by atoms with Crippen molar-refractivity contribution in [1.82, 2.24) is 9.55 Å². The summed E-state index contributed by atoms with van der Waals surface area (Å²) < 4.78 is 6.99. The van der Waals surface area contributed by atoms with Crippen LogP contribution in [-0.4, -0.2) is 22.1 Å².